The minimum atomic E-state index is 0.692. The van der Waals surface area contributed by atoms with Crippen molar-refractivity contribution in [1.29, 1.82) is 0 Å². The molecule has 1 heterocycles. The second-order valence-electron chi connectivity index (χ2n) is 5.64. The van der Waals surface area contributed by atoms with E-state index in [1.165, 1.54) is 5.69 Å². The second kappa shape index (κ2) is 7.50. The van der Waals surface area contributed by atoms with Crippen LogP contribution in [-0.4, -0.2) is 51.3 Å². The standard InChI is InChI=1S/C16H27N3O/c1-14(7-8-17)13-18-9-11-19(12-10-18)15-5-3-4-6-16(15)20-2/h3-6,14H,7-13,17H2,1-2H3. The lowest BCUT2D eigenvalue weighted by Gasteiger charge is -2.37. The molecule has 0 spiro atoms. The number of rotatable bonds is 6. The molecule has 1 aromatic carbocycles. The van der Waals surface area contributed by atoms with Crippen molar-refractivity contribution in [3.8, 4) is 5.75 Å². The summed E-state index contributed by atoms with van der Waals surface area (Å²) >= 11 is 0. The topological polar surface area (TPSA) is 41.7 Å². The van der Waals surface area contributed by atoms with Gasteiger partial charge in [0.05, 0.1) is 12.8 Å². The number of para-hydroxylation sites is 2. The monoisotopic (exact) mass is 277 g/mol. The minimum Gasteiger partial charge on any atom is -0.495 e. The maximum absolute atomic E-state index is 5.62. The van der Waals surface area contributed by atoms with E-state index in [1.54, 1.807) is 7.11 Å². The van der Waals surface area contributed by atoms with Crippen molar-refractivity contribution in [3.05, 3.63) is 24.3 Å². The van der Waals surface area contributed by atoms with E-state index in [9.17, 15) is 0 Å². The Hall–Kier alpha value is -1.26. The molecule has 0 aliphatic carbocycles. The summed E-state index contributed by atoms with van der Waals surface area (Å²) in [5.41, 5.74) is 6.84. The van der Waals surface area contributed by atoms with Gasteiger partial charge in [-0.2, -0.15) is 0 Å². The van der Waals surface area contributed by atoms with Gasteiger partial charge in [-0.25, -0.2) is 0 Å². The first-order valence-electron chi connectivity index (χ1n) is 7.55. The summed E-state index contributed by atoms with van der Waals surface area (Å²) in [6.45, 7) is 8.62. The molecule has 1 fully saturated rings. The second-order valence-corrected chi connectivity index (χ2v) is 5.64. The molecule has 20 heavy (non-hydrogen) atoms. The summed E-state index contributed by atoms with van der Waals surface area (Å²) in [5.74, 6) is 1.66. The van der Waals surface area contributed by atoms with Crippen LogP contribution in [0.3, 0.4) is 0 Å². The van der Waals surface area contributed by atoms with Crippen LogP contribution < -0.4 is 15.4 Å². The fourth-order valence-corrected chi connectivity index (χ4v) is 2.88. The van der Waals surface area contributed by atoms with Crippen LogP contribution in [0, 0.1) is 5.92 Å². The number of piperazine rings is 1. The van der Waals surface area contributed by atoms with E-state index in [1.807, 2.05) is 12.1 Å². The molecule has 0 aromatic heterocycles. The fraction of sp³-hybridized carbons (Fsp3) is 0.625. The zero-order valence-corrected chi connectivity index (χ0v) is 12.7. The lowest BCUT2D eigenvalue weighted by Crippen LogP contribution is -2.47. The molecule has 0 saturated carbocycles. The molecule has 1 atom stereocenters. The quantitative estimate of drug-likeness (QED) is 0.861. The number of nitrogens with zero attached hydrogens (tertiary/aromatic N) is 2. The van der Waals surface area contributed by atoms with Crippen LogP contribution in [-0.2, 0) is 0 Å². The number of nitrogens with two attached hydrogens (primary N) is 1. The average molecular weight is 277 g/mol. The van der Waals surface area contributed by atoms with Crippen LogP contribution in [0.2, 0.25) is 0 Å². The smallest absolute Gasteiger partial charge is 0.142 e. The Labute approximate surface area is 122 Å². The Kier molecular flexibility index (Phi) is 5.68. The van der Waals surface area contributed by atoms with Crippen LogP contribution in [0.25, 0.3) is 0 Å². The first kappa shape index (κ1) is 15.1. The summed E-state index contributed by atoms with van der Waals surface area (Å²) in [6.07, 6.45) is 1.12. The molecular formula is C16H27N3O. The maximum Gasteiger partial charge on any atom is 0.142 e. The van der Waals surface area contributed by atoms with Crippen LogP contribution in [0.4, 0.5) is 5.69 Å². The molecule has 0 radical (unpaired) electrons. The summed E-state index contributed by atoms with van der Waals surface area (Å²) < 4.78 is 5.45. The highest BCUT2D eigenvalue weighted by molar-refractivity contribution is 5.58. The highest BCUT2D eigenvalue weighted by atomic mass is 16.5. The van der Waals surface area contributed by atoms with Crippen molar-refractivity contribution in [2.24, 2.45) is 11.7 Å². The van der Waals surface area contributed by atoms with Crippen molar-refractivity contribution in [2.75, 3.05) is 51.3 Å². The van der Waals surface area contributed by atoms with E-state index in [4.69, 9.17) is 10.5 Å². The summed E-state index contributed by atoms with van der Waals surface area (Å²) in [4.78, 5) is 4.97. The summed E-state index contributed by atoms with van der Waals surface area (Å²) in [7, 11) is 1.74. The molecule has 112 valence electrons. The van der Waals surface area contributed by atoms with Gasteiger partial charge < -0.3 is 15.4 Å². The van der Waals surface area contributed by atoms with Gasteiger partial charge in [-0.3, -0.25) is 4.90 Å². The number of anilines is 1. The number of ether oxygens (including phenoxy) is 1. The lowest BCUT2D eigenvalue weighted by molar-refractivity contribution is 0.221. The number of benzene rings is 1. The maximum atomic E-state index is 5.62. The van der Waals surface area contributed by atoms with Crippen molar-refractivity contribution in [3.63, 3.8) is 0 Å². The van der Waals surface area contributed by atoms with Gasteiger partial charge in [0.2, 0.25) is 0 Å². The van der Waals surface area contributed by atoms with Gasteiger partial charge in [0.25, 0.3) is 0 Å². The van der Waals surface area contributed by atoms with Crippen LogP contribution in [0.1, 0.15) is 13.3 Å². The number of hydrogen-bond acceptors (Lipinski definition) is 4. The van der Waals surface area contributed by atoms with E-state index >= 15 is 0 Å². The lowest BCUT2D eigenvalue weighted by atomic mass is 10.1. The first-order chi connectivity index (χ1) is 9.74. The highest BCUT2D eigenvalue weighted by Crippen LogP contribution is 2.28. The highest BCUT2D eigenvalue weighted by Gasteiger charge is 2.20. The van der Waals surface area contributed by atoms with E-state index in [2.05, 4.69) is 28.9 Å². The Morgan fingerprint density at radius 1 is 1.20 bits per heavy atom. The molecule has 1 unspecified atom stereocenters. The van der Waals surface area contributed by atoms with Gasteiger partial charge in [0.15, 0.2) is 0 Å². The van der Waals surface area contributed by atoms with E-state index in [0.29, 0.717) is 5.92 Å². The molecule has 1 saturated heterocycles. The number of methoxy groups -OCH3 is 1. The van der Waals surface area contributed by atoms with E-state index in [0.717, 1.165) is 51.4 Å². The van der Waals surface area contributed by atoms with Crippen molar-refractivity contribution in [2.45, 2.75) is 13.3 Å². The Bertz CT molecular complexity index is 402. The van der Waals surface area contributed by atoms with Crippen molar-refractivity contribution >= 4 is 5.69 Å². The largest absolute Gasteiger partial charge is 0.495 e. The average Bonchev–Trinajstić information content (AvgIpc) is 2.48. The van der Waals surface area contributed by atoms with Crippen molar-refractivity contribution < 1.29 is 4.74 Å². The molecule has 1 aromatic rings. The Morgan fingerprint density at radius 2 is 1.90 bits per heavy atom. The summed E-state index contributed by atoms with van der Waals surface area (Å²) in [5, 5.41) is 0. The normalized spacial score (nSPS) is 18.1. The SMILES string of the molecule is COc1ccccc1N1CCN(CC(C)CCN)CC1. The van der Waals surface area contributed by atoms with Crippen molar-refractivity contribution in [1.82, 2.24) is 4.90 Å². The molecule has 0 amide bonds. The van der Waals surface area contributed by atoms with E-state index < -0.39 is 0 Å². The molecule has 2 N–H and O–H groups in total. The van der Waals surface area contributed by atoms with Gasteiger partial charge in [-0.15, -0.1) is 0 Å². The summed E-state index contributed by atoms with van der Waals surface area (Å²) in [6, 6.07) is 8.28. The zero-order chi connectivity index (χ0) is 14.4. The van der Waals surface area contributed by atoms with Crippen LogP contribution >= 0.6 is 0 Å². The molecule has 4 nitrogen and oxygen atoms in total. The minimum absolute atomic E-state index is 0.692. The Morgan fingerprint density at radius 3 is 2.55 bits per heavy atom. The third-order valence-corrected chi connectivity index (χ3v) is 4.03. The predicted octanol–water partition coefficient (Wildman–Crippen LogP) is 1.80. The van der Waals surface area contributed by atoms with Gasteiger partial charge in [-0.1, -0.05) is 19.1 Å². The zero-order valence-electron chi connectivity index (χ0n) is 12.7. The van der Waals surface area contributed by atoms with Gasteiger partial charge in [0, 0.05) is 32.7 Å². The fourth-order valence-electron chi connectivity index (χ4n) is 2.88. The van der Waals surface area contributed by atoms with Gasteiger partial charge >= 0.3 is 0 Å². The molecule has 2 rings (SSSR count). The third-order valence-electron chi connectivity index (χ3n) is 4.03. The molecule has 1 aliphatic heterocycles. The molecule has 0 bridgehead atoms. The molecule has 1 aliphatic rings. The molecular weight excluding hydrogens is 250 g/mol. The van der Waals surface area contributed by atoms with Gasteiger partial charge in [0.1, 0.15) is 5.75 Å². The van der Waals surface area contributed by atoms with Crippen LogP contribution in [0.15, 0.2) is 24.3 Å². The Balaban J connectivity index is 1.88. The number of hydrogen-bond donors (Lipinski definition) is 1. The van der Waals surface area contributed by atoms with E-state index in [-0.39, 0.29) is 0 Å². The van der Waals surface area contributed by atoms with Crippen LogP contribution in [0.5, 0.6) is 5.75 Å². The van der Waals surface area contributed by atoms with Gasteiger partial charge in [-0.05, 0) is 31.0 Å². The first-order valence-corrected chi connectivity index (χ1v) is 7.55. The molecule has 4 heteroatoms. The predicted molar refractivity (Wildman–Crippen MR) is 84.5 cm³/mol. The third kappa shape index (κ3) is 3.87.